The highest BCUT2D eigenvalue weighted by Crippen LogP contribution is 2.02. The van der Waals surface area contributed by atoms with Gasteiger partial charge in [0.05, 0.1) is 0 Å². The van der Waals surface area contributed by atoms with E-state index in [2.05, 4.69) is 10.9 Å². The molecule has 0 aromatic carbocycles. The number of nitrogens with zero attached hydrogens (tertiary/aromatic N) is 2. The fourth-order valence-electron chi connectivity index (χ4n) is 0.901. The lowest BCUT2D eigenvalue weighted by atomic mass is 10.2. The maximum atomic E-state index is 11.4. The SMILES string of the molecule is C#Cc1cc(C(=O)N(C)C)ccn1. The number of carbonyl (C=O) groups is 1. The van der Waals surface area contributed by atoms with Gasteiger partial charge in [-0.25, -0.2) is 4.98 Å². The van der Waals surface area contributed by atoms with E-state index in [0.717, 1.165) is 0 Å². The molecule has 66 valence electrons. The van der Waals surface area contributed by atoms with E-state index in [4.69, 9.17) is 6.42 Å². The van der Waals surface area contributed by atoms with Crippen LogP contribution in [0, 0.1) is 12.3 Å². The Kier molecular flexibility index (Phi) is 2.65. The zero-order valence-corrected chi connectivity index (χ0v) is 7.61. The first-order valence-corrected chi connectivity index (χ1v) is 3.79. The zero-order valence-electron chi connectivity index (χ0n) is 7.61. The van der Waals surface area contributed by atoms with E-state index in [1.807, 2.05) is 0 Å². The Morgan fingerprint density at radius 2 is 2.31 bits per heavy atom. The maximum absolute atomic E-state index is 11.4. The molecule has 0 aliphatic rings. The molecular weight excluding hydrogens is 164 g/mol. The number of carbonyl (C=O) groups excluding carboxylic acids is 1. The van der Waals surface area contributed by atoms with Crippen molar-refractivity contribution >= 4 is 5.91 Å². The molecule has 3 nitrogen and oxygen atoms in total. The Hall–Kier alpha value is -1.82. The predicted octanol–water partition coefficient (Wildman–Crippen LogP) is 0.765. The van der Waals surface area contributed by atoms with Crippen molar-refractivity contribution in [3.63, 3.8) is 0 Å². The normalized spacial score (nSPS) is 9.00. The summed E-state index contributed by atoms with van der Waals surface area (Å²) < 4.78 is 0. The van der Waals surface area contributed by atoms with Gasteiger partial charge in [0.1, 0.15) is 5.69 Å². The summed E-state index contributed by atoms with van der Waals surface area (Å²) in [5, 5.41) is 0. The van der Waals surface area contributed by atoms with E-state index >= 15 is 0 Å². The van der Waals surface area contributed by atoms with Gasteiger partial charge in [0.15, 0.2) is 0 Å². The average Bonchev–Trinajstić information content (AvgIpc) is 2.16. The monoisotopic (exact) mass is 174 g/mol. The first kappa shape index (κ1) is 9.27. The Labute approximate surface area is 77.4 Å². The molecule has 0 fully saturated rings. The molecular formula is C10H10N2O. The fourth-order valence-corrected chi connectivity index (χ4v) is 0.901. The minimum Gasteiger partial charge on any atom is -0.345 e. The number of hydrogen-bond acceptors (Lipinski definition) is 2. The van der Waals surface area contributed by atoms with Crippen molar-refractivity contribution < 1.29 is 4.79 Å². The highest BCUT2D eigenvalue weighted by Gasteiger charge is 2.07. The summed E-state index contributed by atoms with van der Waals surface area (Å²) in [5.41, 5.74) is 1.04. The van der Waals surface area contributed by atoms with Crippen LogP contribution in [0.25, 0.3) is 0 Å². The molecule has 0 aliphatic carbocycles. The smallest absolute Gasteiger partial charge is 0.253 e. The number of amides is 1. The maximum Gasteiger partial charge on any atom is 0.253 e. The Balaban J connectivity index is 3.04. The molecule has 0 saturated heterocycles. The largest absolute Gasteiger partial charge is 0.345 e. The molecule has 3 heteroatoms. The molecule has 0 saturated carbocycles. The molecule has 1 aromatic heterocycles. The van der Waals surface area contributed by atoms with Crippen LogP contribution in [0.15, 0.2) is 18.3 Å². The quantitative estimate of drug-likeness (QED) is 0.589. The molecule has 1 aromatic rings. The van der Waals surface area contributed by atoms with Crippen molar-refractivity contribution in [1.82, 2.24) is 9.88 Å². The predicted molar refractivity (Wildman–Crippen MR) is 50.2 cm³/mol. The summed E-state index contributed by atoms with van der Waals surface area (Å²) in [4.78, 5) is 16.8. The second-order valence-electron chi connectivity index (χ2n) is 2.77. The van der Waals surface area contributed by atoms with Crippen molar-refractivity contribution in [2.75, 3.05) is 14.1 Å². The van der Waals surface area contributed by atoms with Crippen LogP contribution >= 0.6 is 0 Å². The molecule has 0 radical (unpaired) electrons. The van der Waals surface area contributed by atoms with Crippen molar-refractivity contribution in [3.8, 4) is 12.3 Å². The zero-order chi connectivity index (χ0) is 9.84. The van der Waals surface area contributed by atoms with Gasteiger partial charge in [-0.05, 0) is 12.1 Å². The first-order valence-electron chi connectivity index (χ1n) is 3.79. The van der Waals surface area contributed by atoms with Gasteiger partial charge in [-0.3, -0.25) is 4.79 Å². The second-order valence-corrected chi connectivity index (χ2v) is 2.77. The third-order valence-electron chi connectivity index (χ3n) is 1.56. The van der Waals surface area contributed by atoms with Crippen LogP contribution < -0.4 is 0 Å². The van der Waals surface area contributed by atoms with Crippen LogP contribution in [-0.2, 0) is 0 Å². The summed E-state index contributed by atoms with van der Waals surface area (Å²) in [6.07, 6.45) is 6.69. The molecule has 1 rings (SSSR count). The lowest BCUT2D eigenvalue weighted by Gasteiger charge is -2.09. The van der Waals surface area contributed by atoms with Gasteiger partial charge in [0.25, 0.3) is 5.91 Å². The number of terminal acetylenes is 1. The van der Waals surface area contributed by atoms with Gasteiger partial charge in [-0.2, -0.15) is 0 Å². The van der Waals surface area contributed by atoms with Crippen LogP contribution in [0.3, 0.4) is 0 Å². The van der Waals surface area contributed by atoms with Gasteiger partial charge >= 0.3 is 0 Å². The van der Waals surface area contributed by atoms with E-state index in [1.54, 1.807) is 26.2 Å². The lowest BCUT2D eigenvalue weighted by molar-refractivity contribution is 0.0827. The number of rotatable bonds is 1. The van der Waals surface area contributed by atoms with Crippen molar-refractivity contribution in [2.24, 2.45) is 0 Å². The van der Waals surface area contributed by atoms with E-state index in [1.165, 1.54) is 11.1 Å². The molecule has 0 atom stereocenters. The summed E-state index contributed by atoms with van der Waals surface area (Å²) >= 11 is 0. The van der Waals surface area contributed by atoms with Crippen LogP contribution in [0.4, 0.5) is 0 Å². The van der Waals surface area contributed by atoms with Crippen molar-refractivity contribution in [3.05, 3.63) is 29.6 Å². The van der Waals surface area contributed by atoms with Crippen molar-refractivity contribution in [2.45, 2.75) is 0 Å². The number of hydrogen-bond donors (Lipinski definition) is 0. The first-order chi connectivity index (χ1) is 6.15. The van der Waals surface area contributed by atoms with Gasteiger partial charge in [-0.1, -0.05) is 5.92 Å². The van der Waals surface area contributed by atoms with Crippen molar-refractivity contribution in [1.29, 1.82) is 0 Å². The Morgan fingerprint density at radius 3 is 2.85 bits per heavy atom. The average molecular weight is 174 g/mol. The molecule has 0 unspecified atom stereocenters. The lowest BCUT2D eigenvalue weighted by Crippen LogP contribution is -2.21. The highest BCUT2D eigenvalue weighted by atomic mass is 16.2. The second kappa shape index (κ2) is 3.72. The summed E-state index contributed by atoms with van der Waals surface area (Å²) in [7, 11) is 3.39. The summed E-state index contributed by atoms with van der Waals surface area (Å²) in [6.45, 7) is 0. The Bertz CT molecular complexity index is 363. The van der Waals surface area contributed by atoms with E-state index in [9.17, 15) is 4.79 Å². The van der Waals surface area contributed by atoms with Gasteiger partial charge < -0.3 is 4.90 Å². The van der Waals surface area contributed by atoms with Gasteiger partial charge in [0.2, 0.25) is 0 Å². The molecule has 0 spiro atoms. The molecule has 13 heavy (non-hydrogen) atoms. The molecule has 0 bridgehead atoms. The molecule has 0 aliphatic heterocycles. The number of pyridine rings is 1. The third-order valence-corrected chi connectivity index (χ3v) is 1.56. The minimum atomic E-state index is -0.0705. The fraction of sp³-hybridized carbons (Fsp3) is 0.200. The molecule has 1 heterocycles. The van der Waals surface area contributed by atoms with E-state index in [0.29, 0.717) is 11.3 Å². The third kappa shape index (κ3) is 2.06. The Morgan fingerprint density at radius 1 is 1.62 bits per heavy atom. The minimum absolute atomic E-state index is 0.0705. The summed E-state index contributed by atoms with van der Waals surface area (Å²) in [6, 6.07) is 3.24. The molecule has 1 amide bonds. The van der Waals surface area contributed by atoms with Crippen LogP contribution in [0.5, 0.6) is 0 Å². The molecule has 0 N–H and O–H groups in total. The van der Waals surface area contributed by atoms with Gasteiger partial charge in [0, 0.05) is 25.9 Å². The van der Waals surface area contributed by atoms with E-state index < -0.39 is 0 Å². The number of aromatic nitrogens is 1. The van der Waals surface area contributed by atoms with E-state index in [-0.39, 0.29) is 5.91 Å². The standard InChI is InChI=1S/C10H10N2O/c1-4-9-7-8(5-6-11-9)10(13)12(2)3/h1,5-7H,2-3H3. The highest BCUT2D eigenvalue weighted by molar-refractivity contribution is 5.93. The van der Waals surface area contributed by atoms with Crippen LogP contribution in [0.2, 0.25) is 0 Å². The topological polar surface area (TPSA) is 33.2 Å². The van der Waals surface area contributed by atoms with Crippen LogP contribution in [-0.4, -0.2) is 29.9 Å². The summed E-state index contributed by atoms with van der Waals surface area (Å²) in [5.74, 6) is 2.31. The van der Waals surface area contributed by atoms with Crippen LogP contribution in [0.1, 0.15) is 16.1 Å². The van der Waals surface area contributed by atoms with Gasteiger partial charge in [-0.15, -0.1) is 6.42 Å².